The van der Waals surface area contributed by atoms with Gasteiger partial charge in [0.1, 0.15) is 13.2 Å². The summed E-state index contributed by atoms with van der Waals surface area (Å²) in [7, 11) is 0. The number of hydrogen-bond donors (Lipinski definition) is 0. The lowest BCUT2D eigenvalue weighted by Crippen LogP contribution is -2.31. The highest BCUT2D eigenvalue weighted by Crippen LogP contribution is 2.38. The summed E-state index contributed by atoms with van der Waals surface area (Å²) in [6.07, 6.45) is 2.01. The average molecular weight is 323 g/mol. The summed E-state index contributed by atoms with van der Waals surface area (Å²) in [4.78, 5) is 15.0. The normalized spacial score (nSPS) is 19.4. The molecule has 0 radical (unpaired) electrons. The number of nitrogens with zero attached hydrogens (tertiary/aromatic N) is 1. The van der Waals surface area contributed by atoms with Crippen LogP contribution in [-0.2, 0) is 0 Å². The summed E-state index contributed by atoms with van der Waals surface area (Å²) in [5.41, 5.74) is 2.94. The molecule has 1 saturated heterocycles. The van der Waals surface area contributed by atoms with Crippen LogP contribution >= 0.6 is 0 Å². The second-order valence-corrected chi connectivity index (χ2v) is 6.37. The van der Waals surface area contributed by atoms with Gasteiger partial charge in [0.05, 0.1) is 6.04 Å². The molecule has 2 aliphatic rings. The van der Waals surface area contributed by atoms with Crippen molar-refractivity contribution in [3.8, 4) is 11.5 Å². The molecule has 1 unspecified atom stereocenters. The van der Waals surface area contributed by atoms with Gasteiger partial charge in [0.15, 0.2) is 11.5 Å². The van der Waals surface area contributed by atoms with Crippen molar-refractivity contribution in [3.05, 3.63) is 59.2 Å². The van der Waals surface area contributed by atoms with Crippen molar-refractivity contribution in [2.24, 2.45) is 0 Å². The van der Waals surface area contributed by atoms with Crippen molar-refractivity contribution in [3.63, 3.8) is 0 Å². The number of hydrogen-bond acceptors (Lipinski definition) is 3. The predicted molar refractivity (Wildman–Crippen MR) is 91.6 cm³/mol. The van der Waals surface area contributed by atoms with E-state index in [1.807, 2.05) is 48.2 Å². The number of ether oxygens (including phenoxy) is 2. The van der Waals surface area contributed by atoms with E-state index in [9.17, 15) is 4.79 Å². The largest absolute Gasteiger partial charge is 0.486 e. The van der Waals surface area contributed by atoms with Gasteiger partial charge in [0.25, 0.3) is 5.91 Å². The third kappa shape index (κ3) is 2.62. The second-order valence-electron chi connectivity index (χ2n) is 6.37. The molecule has 0 aromatic heterocycles. The smallest absolute Gasteiger partial charge is 0.254 e. The minimum atomic E-state index is 0.105. The monoisotopic (exact) mass is 323 g/mol. The van der Waals surface area contributed by atoms with E-state index in [4.69, 9.17) is 9.47 Å². The van der Waals surface area contributed by atoms with Crippen molar-refractivity contribution in [1.82, 2.24) is 4.90 Å². The van der Waals surface area contributed by atoms with Crippen molar-refractivity contribution in [2.75, 3.05) is 19.8 Å². The van der Waals surface area contributed by atoms with E-state index < -0.39 is 0 Å². The van der Waals surface area contributed by atoms with Crippen LogP contribution in [0, 0.1) is 6.92 Å². The number of amides is 1. The van der Waals surface area contributed by atoms with Crippen LogP contribution in [0.4, 0.5) is 0 Å². The molecule has 4 rings (SSSR count). The van der Waals surface area contributed by atoms with Gasteiger partial charge >= 0.3 is 0 Å². The first kappa shape index (κ1) is 15.1. The molecule has 24 heavy (non-hydrogen) atoms. The molecule has 0 aliphatic carbocycles. The van der Waals surface area contributed by atoms with Crippen LogP contribution in [0.3, 0.4) is 0 Å². The molecule has 0 bridgehead atoms. The molecule has 1 amide bonds. The molecule has 0 spiro atoms. The Bertz CT molecular complexity index is 771. The first-order valence-corrected chi connectivity index (χ1v) is 8.50. The van der Waals surface area contributed by atoms with Gasteiger partial charge in [-0.25, -0.2) is 0 Å². The summed E-state index contributed by atoms with van der Waals surface area (Å²) in [5, 5.41) is 0. The Balaban J connectivity index is 1.63. The quantitative estimate of drug-likeness (QED) is 0.845. The first-order chi connectivity index (χ1) is 11.7. The van der Waals surface area contributed by atoms with Gasteiger partial charge in [-0.15, -0.1) is 0 Å². The Labute approximate surface area is 142 Å². The van der Waals surface area contributed by atoms with Crippen molar-refractivity contribution in [2.45, 2.75) is 25.8 Å². The molecular formula is C20H21NO3. The third-order valence-corrected chi connectivity index (χ3v) is 4.84. The van der Waals surface area contributed by atoms with Crippen LogP contribution in [0.2, 0.25) is 0 Å². The summed E-state index contributed by atoms with van der Waals surface area (Å²) in [6.45, 7) is 3.95. The molecule has 4 heteroatoms. The Morgan fingerprint density at radius 3 is 2.71 bits per heavy atom. The Hall–Kier alpha value is -2.49. The highest BCUT2D eigenvalue weighted by molar-refractivity contribution is 5.96. The van der Waals surface area contributed by atoms with Crippen LogP contribution in [0.15, 0.2) is 42.5 Å². The van der Waals surface area contributed by atoms with Crippen molar-refractivity contribution >= 4 is 5.91 Å². The fraction of sp³-hybridized carbons (Fsp3) is 0.350. The Kier molecular flexibility index (Phi) is 3.89. The number of rotatable bonds is 2. The van der Waals surface area contributed by atoms with Crippen LogP contribution in [0.25, 0.3) is 0 Å². The summed E-state index contributed by atoms with van der Waals surface area (Å²) in [5.74, 6) is 1.69. The van der Waals surface area contributed by atoms with Crippen molar-refractivity contribution in [1.29, 1.82) is 0 Å². The van der Waals surface area contributed by atoms with Crippen LogP contribution in [0.5, 0.6) is 11.5 Å². The zero-order chi connectivity index (χ0) is 16.5. The third-order valence-electron chi connectivity index (χ3n) is 4.84. The number of carbonyl (C=O) groups is 1. The van der Waals surface area contributed by atoms with E-state index in [1.165, 1.54) is 0 Å². The molecule has 1 fully saturated rings. The van der Waals surface area contributed by atoms with Gasteiger partial charge in [-0.05, 0) is 49.1 Å². The Morgan fingerprint density at radius 1 is 1.08 bits per heavy atom. The van der Waals surface area contributed by atoms with Gasteiger partial charge in [-0.3, -0.25) is 4.79 Å². The molecule has 0 saturated carbocycles. The first-order valence-electron chi connectivity index (χ1n) is 8.50. The standard InChI is InChI=1S/C20H21NO3/c1-14-5-2-3-6-16(14)20(22)21-10-4-7-17(21)15-8-9-18-19(13-15)24-12-11-23-18/h2-3,5-6,8-9,13,17H,4,7,10-12H2,1H3. The number of likely N-dealkylation sites (tertiary alicyclic amines) is 1. The Morgan fingerprint density at radius 2 is 1.88 bits per heavy atom. The van der Waals surface area contributed by atoms with Gasteiger partial charge < -0.3 is 14.4 Å². The average Bonchev–Trinajstić information content (AvgIpc) is 3.11. The zero-order valence-electron chi connectivity index (χ0n) is 13.8. The van der Waals surface area contributed by atoms with E-state index in [0.717, 1.165) is 47.6 Å². The predicted octanol–water partition coefficient (Wildman–Crippen LogP) is 3.74. The number of fused-ring (bicyclic) bond motifs is 1. The summed E-state index contributed by atoms with van der Waals surface area (Å²) < 4.78 is 11.3. The van der Waals surface area contributed by atoms with Crippen LogP contribution < -0.4 is 9.47 Å². The van der Waals surface area contributed by atoms with Crippen LogP contribution in [0.1, 0.15) is 40.4 Å². The molecule has 2 heterocycles. The van der Waals surface area contributed by atoms with Gasteiger partial charge in [0, 0.05) is 12.1 Å². The van der Waals surface area contributed by atoms with E-state index >= 15 is 0 Å². The second kappa shape index (κ2) is 6.19. The fourth-order valence-electron chi connectivity index (χ4n) is 3.59. The molecule has 2 aromatic rings. The van der Waals surface area contributed by atoms with E-state index in [-0.39, 0.29) is 11.9 Å². The number of aryl methyl sites for hydroxylation is 1. The minimum Gasteiger partial charge on any atom is -0.486 e. The maximum absolute atomic E-state index is 13.0. The minimum absolute atomic E-state index is 0.105. The van der Waals surface area contributed by atoms with Gasteiger partial charge in [0.2, 0.25) is 0 Å². The SMILES string of the molecule is Cc1ccccc1C(=O)N1CCCC1c1ccc2c(c1)OCCO2. The topological polar surface area (TPSA) is 38.8 Å². The number of benzene rings is 2. The van der Waals surface area contributed by atoms with Crippen molar-refractivity contribution < 1.29 is 14.3 Å². The van der Waals surface area contributed by atoms with Gasteiger partial charge in [-0.2, -0.15) is 0 Å². The molecule has 2 aromatic carbocycles. The highest BCUT2D eigenvalue weighted by Gasteiger charge is 2.31. The molecule has 0 N–H and O–H groups in total. The lowest BCUT2D eigenvalue weighted by Gasteiger charge is -2.27. The molecule has 4 nitrogen and oxygen atoms in total. The zero-order valence-corrected chi connectivity index (χ0v) is 13.8. The molecular weight excluding hydrogens is 302 g/mol. The van der Waals surface area contributed by atoms with E-state index in [2.05, 4.69) is 6.07 Å². The molecule has 1 atom stereocenters. The molecule has 124 valence electrons. The summed E-state index contributed by atoms with van der Waals surface area (Å²) in [6, 6.07) is 13.9. The lowest BCUT2D eigenvalue weighted by atomic mass is 10.0. The highest BCUT2D eigenvalue weighted by atomic mass is 16.6. The lowest BCUT2D eigenvalue weighted by molar-refractivity contribution is 0.0734. The number of carbonyl (C=O) groups excluding carboxylic acids is 1. The van der Waals surface area contributed by atoms with E-state index in [0.29, 0.717) is 13.2 Å². The van der Waals surface area contributed by atoms with Gasteiger partial charge in [-0.1, -0.05) is 24.3 Å². The van der Waals surface area contributed by atoms with E-state index in [1.54, 1.807) is 0 Å². The van der Waals surface area contributed by atoms with Crippen LogP contribution in [-0.4, -0.2) is 30.6 Å². The summed E-state index contributed by atoms with van der Waals surface area (Å²) >= 11 is 0. The maximum atomic E-state index is 13.0. The molecule has 2 aliphatic heterocycles. The fourth-order valence-corrected chi connectivity index (χ4v) is 3.59. The maximum Gasteiger partial charge on any atom is 0.254 e.